The Morgan fingerprint density at radius 3 is 2.65 bits per heavy atom. The Kier molecular flexibility index (Phi) is 5.62. The number of carbonyl (C=O) groups is 2. The number of carbonyl (C=O) groups excluding carboxylic acids is 1. The lowest BCUT2D eigenvalue weighted by molar-refractivity contribution is -0.138. The Labute approximate surface area is 114 Å². The third-order valence-electron chi connectivity index (χ3n) is 2.24. The fourth-order valence-corrected chi connectivity index (χ4v) is 1.47. The van der Waals surface area contributed by atoms with Crippen LogP contribution in [0.1, 0.15) is 0 Å². The fourth-order valence-electron chi connectivity index (χ4n) is 1.47. The Bertz CT molecular complexity index is 555. The highest BCUT2D eigenvalue weighted by Gasteiger charge is 2.14. The lowest BCUT2D eigenvalue weighted by atomic mass is 10.3. The highest BCUT2D eigenvalue weighted by molar-refractivity contribution is 5.92. The van der Waals surface area contributed by atoms with Crippen LogP contribution in [0.5, 0.6) is 0 Å². The number of terminal acetylenes is 1. The number of nitrogens with zero attached hydrogens (tertiary/aromatic N) is 1. The standard InChI is InChI=1S/C13H12F2N2O3/c1-2-5-17(8-13(19)20)7-12(18)16-11-6-9(14)3-4-10(11)15/h1,3-4,6H,5,7-8H2,(H,16,18)(H,19,20). The highest BCUT2D eigenvalue weighted by atomic mass is 19.1. The van der Waals surface area contributed by atoms with Crippen molar-refractivity contribution in [3.05, 3.63) is 29.8 Å². The second kappa shape index (κ2) is 7.21. The molecule has 7 heteroatoms. The largest absolute Gasteiger partial charge is 0.480 e. The van der Waals surface area contributed by atoms with Crippen LogP contribution in [0.25, 0.3) is 0 Å². The van der Waals surface area contributed by atoms with Crippen molar-refractivity contribution in [3.8, 4) is 12.3 Å². The van der Waals surface area contributed by atoms with E-state index in [4.69, 9.17) is 11.5 Å². The molecule has 1 aromatic rings. The van der Waals surface area contributed by atoms with Crippen LogP contribution in [0, 0.1) is 24.0 Å². The second-order valence-electron chi connectivity index (χ2n) is 3.92. The molecular weight excluding hydrogens is 270 g/mol. The van der Waals surface area contributed by atoms with Crippen molar-refractivity contribution in [1.82, 2.24) is 4.90 Å². The number of carboxylic acid groups (broad SMARTS) is 1. The van der Waals surface area contributed by atoms with Crippen LogP contribution in [-0.4, -0.2) is 41.5 Å². The van der Waals surface area contributed by atoms with Crippen LogP contribution in [0.15, 0.2) is 18.2 Å². The molecule has 0 saturated heterocycles. The molecule has 1 aromatic carbocycles. The summed E-state index contributed by atoms with van der Waals surface area (Å²) in [6, 6.07) is 2.62. The van der Waals surface area contributed by atoms with Crippen LogP contribution in [-0.2, 0) is 9.59 Å². The van der Waals surface area contributed by atoms with E-state index in [2.05, 4.69) is 11.2 Å². The third-order valence-corrected chi connectivity index (χ3v) is 2.24. The molecule has 0 bridgehead atoms. The van der Waals surface area contributed by atoms with Crippen molar-refractivity contribution in [2.45, 2.75) is 0 Å². The highest BCUT2D eigenvalue weighted by Crippen LogP contribution is 2.15. The molecule has 1 amide bonds. The molecule has 0 aliphatic carbocycles. The minimum absolute atomic E-state index is 0.0502. The van der Waals surface area contributed by atoms with Gasteiger partial charge in [-0.15, -0.1) is 6.42 Å². The smallest absolute Gasteiger partial charge is 0.317 e. The molecule has 0 aromatic heterocycles. The summed E-state index contributed by atoms with van der Waals surface area (Å²) in [4.78, 5) is 23.4. The van der Waals surface area contributed by atoms with Gasteiger partial charge in [-0.3, -0.25) is 14.5 Å². The molecule has 0 aliphatic rings. The number of nitrogens with one attached hydrogen (secondary N) is 1. The molecule has 0 spiro atoms. The number of carboxylic acids is 1. The molecule has 5 nitrogen and oxygen atoms in total. The van der Waals surface area contributed by atoms with Crippen molar-refractivity contribution >= 4 is 17.6 Å². The topological polar surface area (TPSA) is 69.6 Å². The van der Waals surface area contributed by atoms with Crippen LogP contribution in [0.3, 0.4) is 0 Å². The summed E-state index contributed by atoms with van der Waals surface area (Å²) in [7, 11) is 0. The van der Waals surface area contributed by atoms with Gasteiger partial charge in [-0.25, -0.2) is 8.78 Å². The Balaban J connectivity index is 2.68. The summed E-state index contributed by atoms with van der Waals surface area (Å²) in [5, 5.41) is 10.8. The normalized spacial score (nSPS) is 10.1. The second-order valence-corrected chi connectivity index (χ2v) is 3.92. The third kappa shape index (κ3) is 5.04. The first kappa shape index (κ1) is 15.6. The van der Waals surface area contributed by atoms with E-state index in [1.54, 1.807) is 0 Å². The van der Waals surface area contributed by atoms with E-state index in [-0.39, 0.29) is 18.8 Å². The fraction of sp³-hybridized carbons (Fsp3) is 0.231. The van der Waals surface area contributed by atoms with Gasteiger partial charge in [-0.05, 0) is 12.1 Å². The molecule has 0 radical (unpaired) electrons. The number of anilines is 1. The summed E-state index contributed by atoms with van der Waals surface area (Å²) < 4.78 is 26.2. The maximum absolute atomic E-state index is 13.3. The first-order valence-electron chi connectivity index (χ1n) is 5.55. The molecule has 0 saturated carbocycles. The summed E-state index contributed by atoms with van der Waals surface area (Å²) >= 11 is 0. The van der Waals surface area contributed by atoms with Gasteiger partial charge < -0.3 is 10.4 Å². The first-order chi connectivity index (χ1) is 9.42. The summed E-state index contributed by atoms with van der Waals surface area (Å²) in [6.45, 7) is -0.818. The van der Waals surface area contributed by atoms with Crippen molar-refractivity contribution in [2.75, 3.05) is 25.0 Å². The molecule has 20 heavy (non-hydrogen) atoms. The summed E-state index contributed by atoms with van der Waals surface area (Å²) in [5.74, 6) is -1.12. The quantitative estimate of drug-likeness (QED) is 0.761. The van der Waals surface area contributed by atoms with E-state index < -0.39 is 30.1 Å². The minimum atomic E-state index is -1.15. The van der Waals surface area contributed by atoms with Crippen LogP contribution < -0.4 is 5.32 Å². The SMILES string of the molecule is C#CCN(CC(=O)O)CC(=O)Nc1cc(F)ccc1F. The number of rotatable bonds is 6. The van der Waals surface area contributed by atoms with E-state index in [0.717, 1.165) is 18.2 Å². The zero-order chi connectivity index (χ0) is 15.1. The molecule has 0 unspecified atom stereocenters. The van der Waals surface area contributed by atoms with Gasteiger partial charge in [0.1, 0.15) is 11.6 Å². The lowest BCUT2D eigenvalue weighted by Crippen LogP contribution is -2.37. The van der Waals surface area contributed by atoms with Gasteiger partial charge in [-0.1, -0.05) is 5.92 Å². The average molecular weight is 282 g/mol. The monoisotopic (exact) mass is 282 g/mol. The maximum atomic E-state index is 13.3. The van der Waals surface area contributed by atoms with Crippen LogP contribution in [0.4, 0.5) is 14.5 Å². The van der Waals surface area contributed by atoms with E-state index in [0.29, 0.717) is 0 Å². The first-order valence-corrected chi connectivity index (χ1v) is 5.55. The van der Waals surface area contributed by atoms with Crippen molar-refractivity contribution < 1.29 is 23.5 Å². The summed E-state index contributed by atoms with van der Waals surface area (Å²) in [6.07, 6.45) is 5.05. The van der Waals surface area contributed by atoms with Gasteiger partial charge in [0.2, 0.25) is 5.91 Å². The lowest BCUT2D eigenvalue weighted by Gasteiger charge is -2.16. The number of halogens is 2. The number of aliphatic carboxylic acids is 1. The van der Waals surface area contributed by atoms with Crippen molar-refractivity contribution in [3.63, 3.8) is 0 Å². The predicted octanol–water partition coefficient (Wildman–Crippen LogP) is 0.923. The van der Waals surface area contributed by atoms with E-state index in [1.807, 2.05) is 0 Å². The molecule has 106 valence electrons. The van der Waals surface area contributed by atoms with Gasteiger partial charge in [0.15, 0.2) is 0 Å². The Morgan fingerprint density at radius 2 is 2.05 bits per heavy atom. The molecule has 0 atom stereocenters. The Hall–Kier alpha value is -2.46. The van der Waals surface area contributed by atoms with Gasteiger partial charge in [0.05, 0.1) is 25.3 Å². The Morgan fingerprint density at radius 1 is 1.35 bits per heavy atom. The number of benzene rings is 1. The molecule has 0 aliphatic heterocycles. The number of amides is 1. The van der Waals surface area contributed by atoms with Crippen LogP contribution >= 0.6 is 0 Å². The average Bonchev–Trinajstić information content (AvgIpc) is 2.33. The minimum Gasteiger partial charge on any atom is -0.480 e. The van der Waals surface area contributed by atoms with Crippen molar-refractivity contribution in [1.29, 1.82) is 0 Å². The van der Waals surface area contributed by atoms with Gasteiger partial charge >= 0.3 is 5.97 Å². The maximum Gasteiger partial charge on any atom is 0.317 e. The summed E-state index contributed by atoms with van der Waals surface area (Å²) in [5.41, 5.74) is -0.314. The van der Waals surface area contributed by atoms with E-state index >= 15 is 0 Å². The predicted molar refractivity (Wildman–Crippen MR) is 67.9 cm³/mol. The van der Waals surface area contributed by atoms with E-state index in [1.165, 1.54) is 4.90 Å². The molecule has 0 heterocycles. The van der Waals surface area contributed by atoms with E-state index in [9.17, 15) is 18.4 Å². The number of hydrogen-bond donors (Lipinski definition) is 2. The number of hydrogen-bond acceptors (Lipinski definition) is 3. The van der Waals surface area contributed by atoms with Crippen molar-refractivity contribution in [2.24, 2.45) is 0 Å². The zero-order valence-electron chi connectivity index (χ0n) is 10.4. The van der Waals surface area contributed by atoms with Gasteiger partial charge in [-0.2, -0.15) is 0 Å². The van der Waals surface area contributed by atoms with Gasteiger partial charge in [0.25, 0.3) is 0 Å². The zero-order valence-corrected chi connectivity index (χ0v) is 10.4. The van der Waals surface area contributed by atoms with Gasteiger partial charge in [0, 0.05) is 6.07 Å². The molecule has 2 N–H and O–H groups in total. The molecular formula is C13H12F2N2O3. The molecule has 1 rings (SSSR count). The van der Waals surface area contributed by atoms with Crippen LogP contribution in [0.2, 0.25) is 0 Å². The molecule has 0 fully saturated rings.